The van der Waals surface area contributed by atoms with Crippen molar-refractivity contribution in [1.82, 2.24) is 4.98 Å². The van der Waals surface area contributed by atoms with Gasteiger partial charge in [0.15, 0.2) is 11.7 Å². The van der Waals surface area contributed by atoms with Gasteiger partial charge in [-0.05, 0) is 51.8 Å². The van der Waals surface area contributed by atoms with E-state index in [0.717, 1.165) is 20.1 Å². The summed E-state index contributed by atoms with van der Waals surface area (Å²) in [6, 6.07) is 4.40. The van der Waals surface area contributed by atoms with Crippen molar-refractivity contribution < 1.29 is 61.9 Å². The van der Waals surface area contributed by atoms with Crippen LogP contribution in [0.4, 0.5) is 0 Å². The molecule has 0 unspecified atom stereocenters. The minimum Gasteiger partial charge on any atom is -0.472 e. The van der Waals surface area contributed by atoms with Crippen molar-refractivity contribution >= 4 is 29.8 Å². The number of carbonyl (C=O) groups excluding carboxylic acids is 5. The number of pyridine rings is 1. The van der Waals surface area contributed by atoms with Crippen LogP contribution in [0.3, 0.4) is 0 Å². The van der Waals surface area contributed by atoms with Gasteiger partial charge in [0.25, 0.3) is 0 Å². The minimum absolute atomic E-state index is 0.000559. The molecule has 2 bridgehead atoms. The maximum absolute atomic E-state index is 13.8. The molecule has 0 aromatic carbocycles. The molecular formula is C35H43NO13. The Kier molecular flexibility index (Phi) is 9.69. The number of aliphatic hydroxyl groups is 1. The van der Waals surface area contributed by atoms with Crippen LogP contribution in [0.5, 0.6) is 0 Å². The molecule has 49 heavy (non-hydrogen) atoms. The van der Waals surface area contributed by atoms with Gasteiger partial charge >= 0.3 is 29.8 Å². The van der Waals surface area contributed by atoms with Crippen LogP contribution in [-0.4, -0.2) is 87.8 Å². The van der Waals surface area contributed by atoms with Crippen LogP contribution in [0.2, 0.25) is 0 Å². The number of rotatable bonds is 10. The van der Waals surface area contributed by atoms with Gasteiger partial charge < -0.3 is 37.9 Å². The van der Waals surface area contributed by atoms with Crippen molar-refractivity contribution in [2.24, 2.45) is 17.3 Å². The van der Waals surface area contributed by atoms with Gasteiger partial charge in [-0.1, -0.05) is 13.8 Å². The summed E-state index contributed by atoms with van der Waals surface area (Å²) in [6.45, 7) is 10.1. The smallest absolute Gasteiger partial charge is 0.341 e. The van der Waals surface area contributed by atoms with Crippen LogP contribution < -0.4 is 0 Å². The number of esters is 5. The lowest BCUT2D eigenvalue weighted by molar-refractivity contribution is -0.354. The van der Waals surface area contributed by atoms with E-state index in [4.69, 9.17) is 32.8 Å². The molecule has 3 fully saturated rings. The summed E-state index contributed by atoms with van der Waals surface area (Å²) in [4.78, 5) is 70.4. The molecule has 3 aliphatic rings. The molecule has 9 atom stereocenters. The van der Waals surface area contributed by atoms with Crippen LogP contribution in [0, 0.1) is 17.3 Å². The van der Waals surface area contributed by atoms with Crippen LogP contribution in [0.15, 0.2) is 47.5 Å². The predicted molar refractivity (Wildman–Crippen MR) is 167 cm³/mol. The van der Waals surface area contributed by atoms with E-state index in [1.54, 1.807) is 26.8 Å². The molecule has 14 heteroatoms. The Morgan fingerprint density at radius 2 is 1.69 bits per heavy atom. The molecule has 0 radical (unpaired) electrons. The highest BCUT2D eigenvalue weighted by molar-refractivity contribution is 5.90. The number of nitrogens with zero attached hydrogens (tertiary/aromatic N) is 1. The standard InChI is InChI=1S/C35H43NO13/c1-8-19(2)29(39)47-27-24-14-26(46-30(40)22-10-9-12-36-16-22)34(18-44-20(3)37)28(48-31(41)23-11-13-43-17-23)25(45-21(4)38)15-33(7,42)35(27,34)49-32(24,5)6/h9-13,16-17,19,24-28,42H,8,14-15,18H2,1-7H3/t19-,24+,25+,26-,27-,28-,33+,34-,35+/m1/s1. The summed E-state index contributed by atoms with van der Waals surface area (Å²) < 4.78 is 42.3. The average molecular weight is 686 g/mol. The van der Waals surface area contributed by atoms with Crippen LogP contribution in [-0.2, 0) is 42.8 Å². The number of ether oxygens (including phenoxy) is 6. The number of hydrogen-bond donors (Lipinski definition) is 1. The highest BCUT2D eigenvalue weighted by Gasteiger charge is 2.86. The highest BCUT2D eigenvalue weighted by Crippen LogP contribution is 2.69. The van der Waals surface area contributed by atoms with E-state index in [0.29, 0.717) is 6.42 Å². The fourth-order valence-corrected chi connectivity index (χ4v) is 7.91. The molecule has 1 spiro atoms. The normalized spacial score (nSPS) is 33.3. The first kappa shape index (κ1) is 36.0. The lowest BCUT2D eigenvalue weighted by atomic mass is 9.46. The first-order valence-electron chi connectivity index (χ1n) is 16.3. The third-order valence-electron chi connectivity index (χ3n) is 10.3. The van der Waals surface area contributed by atoms with E-state index >= 15 is 0 Å². The van der Waals surface area contributed by atoms with E-state index in [1.807, 2.05) is 6.92 Å². The highest BCUT2D eigenvalue weighted by atomic mass is 16.6. The molecule has 2 aromatic heterocycles. The molecule has 2 aromatic rings. The van der Waals surface area contributed by atoms with Gasteiger partial charge in [0, 0.05) is 38.6 Å². The Bertz CT molecular complexity index is 1570. The third-order valence-corrected chi connectivity index (χ3v) is 10.3. The molecule has 1 aliphatic heterocycles. The summed E-state index contributed by atoms with van der Waals surface area (Å²) in [6.07, 6.45) is -0.373. The Morgan fingerprint density at radius 1 is 0.980 bits per heavy atom. The Morgan fingerprint density at radius 3 is 2.29 bits per heavy atom. The van der Waals surface area contributed by atoms with Crippen molar-refractivity contribution in [2.45, 2.75) is 109 Å². The maximum atomic E-state index is 13.8. The van der Waals surface area contributed by atoms with E-state index in [-0.39, 0.29) is 24.0 Å². The Balaban J connectivity index is 1.81. The summed E-state index contributed by atoms with van der Waals surface area (Å²) in [5, 5.41) is 12.7. The van der Waals surface area contributed by atoms with Gasteiger partial charge in [-0.25, -0.2) is 9.59 Å². The van der Waals surface area contributed by atoms with Gasteiger partial charge in [0.2, 0.25) is 0 Å². The first-order valence-corrected chi connectivity index (χ1v) is 16.3. The largest absolute Gasteiger partial charge is 0.472 e. The Hall–Kier alpha value is -4.30. The fourth-order valence-electron chi connectivity index (χ4n) is 7.91. The number of hydrogen-bond acceptors (Lipinski definition) is 14. The number of aromatic nitrogens is 1. The van der Waals surface area contributed by atoms with Crippen LogP contribution in [0.25, 0.3) is 0 Å². The zero-order valence-corrected chi connectivity index (χ0v) is 28.6. The lowest BCUT2D eigenvalue weighted by Gasteiger charge is -2.65. The monoisotopic (exact) mass is 685 g/mol. The van der Waals surface area contributed by atoms with Gasteiger partial charge in [-0.3, -0.25) is 19.4 Å². The molecule has 1 N–H and O–H groups in total. The molecule has 14 nitrogen and oxygen atoms in total. The first-order chi connectivity index (χ1) is 23.0. The number of fused-ring (bicyclic) bond motifs is 1. The lowest BCUT2D eigenvalue weighted by Crippen LogP contribution is -2.83. The van der Waals surface area contributed by atoms with Crippen LogP contribution >= 0.6 is 0 Å². The van der Waals surface area contributed by atoms with E-state index in [2.05, 4.69) is 4.98 Å². The van der Waals surface area contributed by atoms with Crippen molar-refractivity contribution in [3.05, 3.63) is 54.2 Å². The second-order valence-electron chi connectivity index (χ2n) is 13.9. The van der Waals surface area contributed by atoms with Crippen molar-refractivity contribution in [2.75, 3.05) is 6.61 Å². The molecule has 266 valence electrons. The third kappa shape index (κ3) is 6.09. The minimum atomic E-state index is -2.08. The van der Waals surface area contributed by atoms with Crippen LogP contribution in [0.1, 0.15) is 88.4 Å². The molecule has 2 aliphatic carbocycles. The molecule has 2 saturated carbocycles. The maximum Gasteiger partial charge on any atom is 0.341 e. The topological polar surface area (TPSA) is 187 Å². The van der Waals surface area contributed by atoms with Crippen molar-refractivity contribution in [1.29, 1.82) is 0 Å². The Labute approximate surface area is 283 Å². The predicted octanol–water partition coefficient (Wildman–Crippen LogP) is 3.59. The van der Waals surface area contributed by atoms with E-state index in [9.17, 15) is 29.1 Å². The van der Waals surface area contributed by atoms with Gasteiger partial charge in [0.1, 0.15) is 36.6 Å². The van der Waals surface area contributed by atoms with Crippen molar-refractivity contribution in [3.8, 4) is 0 Å². The second-order valence-corrected chi connectivity index (χ2v) is 13.9. The summed E-state index contributed by atoms with van der Waals surface area (Å²) >= 11 is 0. The van der Waals surface area contributed by atoms with E-state index < -0.39 is 94.9 Å². The van der Waals surface area contributed by atoms with Gasteiger partial charge in [-0.15, -0.1) is 0 Å². The molecule has 5 rings (SSSR count). The zero-order chi connectivity index (χ0) is 35.9. The van der Waals surface area contributed by atoms with Gasteiger partial charge in [0.05, 0.1) is 34.5 Å². The molecule has 1 saturated heterocycles. The summed E-state index contributed by atoms with van der Waals surface area (Å²) in [5.41, 5.74) is -7.26. The zero-order valence-electron chi connectivity index (χ0n) is 28.6. The quantitative estimate of drug-likeness (QED) is 0.282. The number of carbonyl (C=O) groups is 5. The average Bonchev–Trinajstić information content (AvgIpc) is 3.63. The fraction of sp³-hybridized carbons (Fsp3) is 0.600. The molecular weight excluding hydrogens is 642 g/mol. The SMILES string of the molecule is CC[C@@H](C)C(=O)O[C@@H]1[C@@H]2C[C@@H](OC(=O)c3cccnc3)[C@]3(COC(C)=O)[C@H](OC(=O)c4ccoc4)[C@@H](OC(C)=O)C[C@](C)(O)[C@@]13OC2(C)C. The van der Waals surface area contributed by atoms with Gasteiger partial charge in [-0.2, -0.15) is 0 Å². The summed E-state index contributed by atoms with van der Waals surface area (Å²) in [5.74, 6) is -5.08. The molecule has 0 amide bonds. The van der Waals surface area contributed by atoms with E-state index in [1.165, 1.54) is 37.7 Å². The summed E-state index contributed by atoms with van der Waals surface area (Å²) in [7, 11) is 0. The number of furan rings is 1. The van der Waals surface area contributed by atoms with Crippen molar-refractivity contribution in [3.63, 3.8) is 0 Å². The molecule has 3 heterocycles. The second kappa shape index (κ2) is 13.2.